The quantitative estimate of drug-likeness (QED) is 0.740. The Morgan fingerprint density at radius 3 is 2.71 bits per heavy atom. The van der Waals surface area contributed by atoms with Crippen LogP contribution in [0, 0.1) is 0 Å². The number of carbonyl (C=O) groups excluding carboxylic acids is 1. The standard InChI is InChI=1S/C18H18N2O/c21-18(20-10-8-14-4-2-1-3-5-14)13-15-6-7-16-9-11-19-17(16)12-15/h1-7,9,11-12,19H,8,10,13H2,(H,20,21). The molecule has 2 N–H and O–H groups in total. The maximum absolute atomic E-state index is 12.0. The van der Waals surface area contributed by atoms with Crippen molar-refractivity contribution in [2.45, 2.75) is 12.8 Å². The molecule has 3 aromatic rings. The van der Waals surface area contributed by atoms with Gasteiger partial charge in [0, 0.05) is 18.3 Å². The average molecular weight is 278 g/mol. The number of aromatic amines is 1. The van der Waals surface area contributed by atoms with Crippen LogP contribution in [0.4, 0.5) is 0 Å². The van der Waals surface area contributed by atoms with E-state index in [0.29, 0.717) is 13.0 Å². The van der Waals surface area contributed by atoms with Crippen LogP contribution in [0.5, 0.6) is 0 Å². The number of hydrogen-bond acceptors (Lipinski definition) is 1. The summed E-state index contributed by atoms with van der Waals surface area (Å²) in [5.41, 5.74) is 3.34. The molecule has 0 saturated carbocycles. The number of H-pyrrole nitrogens is 1. The number of carbonyl (C=O) groups is 1. The van der Waals surface area contributed by atoms with E-state index in [1.165, 1.54) is 10.9 Å². The Morgan fingerprint density at radius 1 is 1.00 bits per heavy atom. The summed E-state index contributed by atoms with van der Waals surface area (Å²) in [5.74, 6) is 0.0665. The third-order valence-electron chi connectivity index (χ3n) is 3.56. The molecule has 0 bridgehead atoms. The fraction of sp³-hybridized carbons (Fsp3) is 0.167. The molecule has 21 heavy (non-hydrogen) atoms. The molecule has 0 radical (unpaired) electrons. The number of aromatic nitrogens is 1. The van der Waals surface area contributed by atoms with E-state index in [4.69, 9.17) is 0 Å². The third-order valence-corrected chi connectivity index (χ3v) is 3.56. The Kier molecular flexibility index (Phi) is 4.01. The zero-order valence-corrected chi connectivity index (χ0v) is 11.8. The van der Waals surface area contributed by atoms with Crippen molar-refractivity contribution in [3.05, 3.63) is 71.9 Å². The number of rotatable bonds is 5. The molecule has 0 aliphatic rings. The maximum atomic E-state index is 12.0. The predicted octanol–water partition coefficient (Wildman–Crippen LogP) is 3.07. The Bertz CT molecular complexity index is 731. The minimum Gasteiger partial charge on any atom is -0.361 e. The molecule has 2 aromatic carbocycles. The normalized spacial score (nSPS) is 10.7. The molecule has 0 atom stereocenters. The van der Waals surface area contributed by atoms with Gasteiger partial charge in [0.1, 0.15) is 0 Å². The molecule has 1 amide bonds. The maximum Gasteiger partial charge on any atom is 0.224 e. The molecule has 0 saturated heterocycles. The third kappa shape index (κ3) is 3.51. The second-order valence-corrected chi connectivity index (χ2v) is 5.16. The van der Waals surface area contributed by atoms with E-state index >= 15 is 0 Å². The highest BCUT2D eigenvalue weighted by molar-refractivity contribution is 5.83. The molecule has 1 heterocycles. The largest absolute Gasteiger partial charge is 0.361 e. The van der Waals surface area contributed by atoms with Gasteiger partial charge in [-0.25, -0.2) is 0 Å². The van der Waals surface area contributed by atoms with Crippen molar-refractivity contribution in [3.63, 3.8) is 0 Å². The summed E-state index contributed by atoms with van der Waals surface area (Å²) in [5, 5.41) is 4.14. The average Bonchev–Trinajstić information content (AvgIpc) is 2.96. The number of nitrogens with one attached hydrogen (secondary N) is 2. The first kappa shape index (κ1) is 13.4. The first-order chi connectivity index (χ1) is 10.3. The van der Waals surface area contributed by atoms with Gasteiger partial charge in [-0.1, -0.05) is 42.5 Å². The summed E-state index contributed by atoms with van der Waals surface area (Å²) < 4.78 is 0. The summed E-state index contributed by atoms with van der Waals surface area (Å²) in [6.45, 7) is 0.674. The highest BCUT2D eigenvalue weighted by Crippen LogP contribution is 2.14. The van der Waals surface area contributed by atoms with Crippen LogP contribution in [-0.4, -0.2) is 17.4 Å². The van der Waals surface area contributed by atoms with Crippen molar-refractivity contribution in [3.8, 4) is 0 Å². The first-order valence-electron chi connectivity index (χ1n) is 7.18. The molecule has 1 aromatic heterocycles. The lowest BCUT2D eigenvalue weighted by Gasteiger charge is -2.06. The van der Waals surface area contributed by atoms with E-state index in [0.717, 1.165) is 17.5 Å². The summed E-state index contributed by atoms with van der Waals surface area (Å²) in [4.78, 5) is 15.1. The molecular formula is C18H18N2O. The van der Waals surface area contributed by atoms with Crippen molar-refractivity contribution in [1.82, 2.24) is 10.3 Å². The van der Waals surface area contributed by atoms with Crippen molar-refractivity contribution in [1.29, 1.82) is 0 Å². The van der Waals surface area contributed by atoms with Crippen molar-refractivity contribution in [2.75, 3.05) is 6.54 Å². The van der Waals surface area contributed by atoms with Crippen LogP contribution < -0.4 is 5.32 Å². The zero-order valence-electron chi connectivity index (χ0n) is 11.8. The van der Waals surface area contributed by atoms with Crippen LogP contribution in [0.1, 0.15) is 11.1 Å². The first-order valence-corrected chi connectivity index (χ1v) is 7.18. The smallest absolute Gasteiger partial charge is 0.224 e. The van der Waals surface area contributed by atoms with Crippen LogP contribution in [0.2, 0.25) is 0 Å². The second-order valence-electron chi connectivity index (χ2n) is 5.16. The lowest BCUT2D eigenvalue weighted by molar-refractivity contribution is -0.120. The second kappa shape index (κ2) is 6.27. The minimum atomic E-state index is 0.0665. The van der Waals surface area contributed by atoms with Gasteiger partial charge in [0.2, 0.25) is 5.91 Å². The molecular weight excluding hydrogens is 260 g/mol. The van der Waals surface area contributed by atoms with E-state index in [2.05, 4.69) is 22.4 Å². The number of fused-ring (bicyclic) bond motifs is 1. The van der Waals surface area contributed by atoms with Gasteiger partial charge in [0.15, 0.2) is 0 Å². The number of amides is 1. The predicted molar refractivity (Wildman–Crippen MR) is 85.2 cm³/mol. The van der Waals surface area contributed by atoms with Crippen LogP contribution in [0.15, 0.2) is 60.8 Å². The Hall–Kier alpha value is -2.55. The monoisotopic (exact) mass is 278 g/mol. The van der Waals surface area contributed by atoms with E-state index in [1.54, 1.807) is 0 Å². The van der Waals surface area contributed by atoms with E-state index in [-0.39, 0.29) is 5.91 Å². The van der Waals surface area contributed by atoms with Gasteiger partial charge in [0.05, 0.1) is 6.42 Å². The lowest BCUT2D eigenvalue weighted by atomic mass is 10.1. The zero-order chi connectivity index (χ0) is 14.5. The van der Waals surface area contributed by atoms with E-state index in [9.17, 15) is 4.79 Å². The molecule has 0 aliphatic heterocycles. The summed E-state index contributed by atoms with van der Waals surface area (Å²) in [6, 6.07) is 18.3. The Morgan fingerprint density at radius 2 is 1.86 bits per heavy atom. The summed E-state index contributed by atoms with van der Waals surface area (Å²) in [7, 11) is 0. The van der Waals surface area contributed by atoms with Crippen LogP contribution in [0.25, 0.3) is 10.9 Å². The van der Waals surface area contributed by atoms with E-state index in [1.807, 2.05) is 48.7 Å². The fourth-order valence-electron chi connectivity index (χ4n) is 2.44. The molecule has 0 spiro atoms. The van der Waals surface area contributed by atoms with Gasteiger partial charge < -0.3 is 10.3 Å². The van der Waals surface area contributed by atoms with Crippen LogP contribution >= 0.6 is 0 Å². The number of benzene rings is 2. The molecule has 3 nitrogen and oxygen atoms in total. The van der Waals surface area contributed by atoms with E-state index < -0.39 is 0 Å². The van der Waals surface area contributed by atoms with Gasteiger partial charge >= 0.3 is 0 Å². The fourth-order valence-corrected chi connectivity index (χ4v) is 2.44. The Labute approximate surface area is 124 Å². The van der Waals surface area contributed by atoms with Gasteiger partial charge in [-0.15, -0.1) is 0 Å². The highest BCUT2D eigenvalue weighted by atomic mass is 16.1. The summed E-state index contributed by atoms with van der Waals surface area (Å²) >= 11 is 0. The molecule has 106 valence electrons. The van der Waals surface area contributed by atoms with Gasteiger partial charge in [-0.2, -0.15) is 0 Å². The molecule has 0 fully saturated rings. The number of hydrogen-bond donors (Lipinski definition) is 2. The lowest BCUT2D eigenvalue weighted by Crippen LogP contribution is -2.27. The highest BCUT2D eigenvalue weighted by Gasteiger charge is 2.04. The van der Waals surface area contributed by atoms with Gasteiger partial charge in [-0.3, -0.25) is 4.79 Å². The molecule has 3 rings (SSSR count). The minimum absolute atomic E-state index is 0.0665. The molecule has 0 unspecified atom stereocenters. The van der Waals surface area contributed by atoms with Crippen molar-refractivity contribution < 1.29 is 4.79 Å². The summed E-state index contributed by atoms with van der Waals surface area (Å²) in [6.07, 6.45) is 3.19. The van der Waals surface area contributed by atoms with Crippen molar-refractivity contribution in [2.24, 2.45) is 0 Å². The molecule has 0 aliphatic carbocycles. The molecule has 3 heteroatoms. The SMILES string of the molecule is O=C(Cc1ccc2cc[nH]c2c1)NCCc1ccccc1. The van der Waals surface area contributed by atoms with Gasteiger partial charge in [-0.05, 0) is 35.1 Å². The Balaban J connectivity index is 1.51. The van der Waals surface area contributed by atoms with Crippen LogP contribution in [0.3, 0.4) is 0 Å². The van der Waals surface area contributed by atoms with Crippen molar-refractivity contribution >= 4 is 16.8 Å². The topological polar surface area (TPSA) is 44.9 Å². The van der Waals surface area contributed by atoms with Crippen LogP contribution in [-0.2, 0) is 17.6 Å². The van der Waals surface area contributed by atoms with Gasteiger partial charge in [0.25, 0.3) is 0 Å².